The first-order valence-electron chi connectivity index (χ1n) is 10.1. The van der Waals surface area contributed by atoms with Gasteiger partial charge in [-0.2, -0.15) is 13.9 Å². The minimum absolute atomic E-state index is 0.00693. The molecule has 2 aromatic heterocycles. The van der Waals surface area contributed by atoms with Gasteiger partial charge in [-0.15, -0.1) is 0 Å². The quantitative estimate of drug-likeness (QED) is 0.765. The lowest BCUT2D eigenvalue weighted by Gasteiger charge is -2.43. The van der Waals surface area contributed by atoms with Gasteiger partial charge in [-0.05, 0) is 38.1 Å². The van der Waals surface area contributed by atoms with Crippen LogP contribution in [0.25, 0.3) is 0 Å². The van der Waals surface area contributed by atoms with Crippen LogP contribution in [-0.4, -0.2) is 68.9 Å². The number of likely N-dealkylation sites (tertiary alicyclic amines) is 1. The first kappa shape index (κ1) is 20.0. The van der Waals surface area contributed by atoms with E-state index >= 15 is 0 Å². The number of rotatable bonds is 5. The molecule has 2 saturated heterocycles. The molecule has 2 aromatic rings. The maximum absolute atomic E-state index is 13.3. The highest BCUT2D eigenvalue weighted by Crippen LogP contribution is 2.32. The molecule has 0 saturated carbocycles. The van der Waals surface area contributed by atoms with Crippen molar-refractivity contribution in [1.29, 1.82) is 0 Å². The van der Waals surface area contributed by atoms with Crippen molar-refractivity contribution in [3.05, 3.63) is 42.0 Å². The van der Waals surface area contributed by atoms with Crippen LogP contribution < -0.4 is 0 Å². The van der Waals surface area contributed by atoms with Crippen molar-refractivity contribution in [3.63, 3.8) is 0 Å². The number of alkyl halides is 2. The summed E-state index contributed by atoms with van der Waals surface area (Å²) >= 11 is 0. The van der Waals surface area contributed by atoms with Gasteiger partial charge in [0.1, 0.15) is 5.69 Å². The van der Waals surface area contributed by atoms with E-state index < -0.39 is 12.5 Å². The molecular weight excluding hydrogens is 380 g/mol. The molecule has 0 radical (unpaired) electrons. The van der Waals surface area contributed by atoms with Crippen molar-refractivity contribution >= 4 is 5.91 Å². The van der Waals surface area contributed by atoms with Gasteiger partial charge in [0.05, 0.1) is 24.9 Å². The van der Waals surface area contributed by atoms with Crippen molar-refractivity contribution < 1.29 is 18.3 Å². The SMILES string of the molecule is Cn1cc([C@H]2[C@H](CN3CCCCC3)OCCN2C(=O)c2cccn2C(F)F)cn1. The van der Waals surface area contributed by atoms with Crippen LogP contribution in [0.3, 0.4) is 0 Å². The van der Waals surface area contributed by atoms with E-state index in [-0.39, 0.29) is 17.8 Å². The molecule has 0 N–H and O–H groups in total. The number of morpholine rings is 1. The fraction of sp³-hybridized carbons (Fsp3) is 0.600. The predicted molar refractivity (Wildman–Crippen MR) is 103 cm³/mol. The summed E-state index contributed by atoms with van der Waals surface area (Å²) in [5.74, 6) is -0.406. The summed E-state index contributed by atoms with van der Waals surface area (Å²) in [6.07, 6.45) is 8.17. The zero-order valence-corrected chi connectivity index (χ0v) is 16.6. The molecule has 4 heterocycles. The number of hydrogen-bond acceptors (Lipinski definition) is 4. The molecule has 2 aliphatic rings. The smallest absolute Gasteiger partial charge is 0.319 e. The normalized spacial score (nSPS) is 23.7. The van der Waals surface area contributed by atoms with E-state index in [1.165, 1.54) is 24.8 Å². The number of halogens is 2. The Morgan fingerprint density at radius 2 is 2.07 bits per heavy atom. The number of carbonyl (C=O) groups is 1. The molecule has 0 bridgehead atoms. The van der Waals surface area contributed by atoms with Crippen LogP contribution >= 0.6 is 0 Å². The summed E-state index contributed by atoms with van der Waals surface area (Å²) in [4.78, 5) is 17.3. The summed E-state index contributed by atoms with van der Waals surface area (Å²) in [6, 6.07) is 2.56. The second-order valence-electron chi connectivity index (χ2n) is 7.74. The van der Waals surface area contributed by atoms with Gasteiger partial charge < -0.3 is 14.5 Å². The van der Waals surface area contributed by atoms with Gasteiger partial charge in [-0.25, -0.2) is 0 Å². The summed E-state index contributed by atoms with van der Waals surface area (Å²) in [7, 11) is 1.82. The monoisotopic (exact) mass is 407 g/mol. The number of hydrogen-bond donors (Lipinski definition) is 0. The lowest BCUT2D eigenvalue weighted by atomic mass is 9.99. The minimum atomic E-state index is -2.76. The molecule has 0 unspecified atom stereocenters. The second kappa shape index (κ2) is 8.62. The molecule has 2 aliphatic heterocycles. The van der Waals surface area contributed by atoms with Crippen molar-refractivity contribution in [2.75, 3.05) is 32.8 Å². The molecule has 4 rings (SSSR count). The second-order valence-corrected chi connectivity index (χ2v) is 7.74. The molecule has 2 fully saturated rings. The Morgan fingerprint density at radius 3 is 2.76 bits per heavy atom. The minimum Gasteiger partial charge on any atom is -0.373 e. The molecule has 0 spiro atoms. The fourth-order valence-corrected chi connectivity index (χ4v) is 4.39. The highest BCUT2D eigenvalue weighted by molar-refractivity contribution is 5.93. The number of ether oxygens (including phenoxy) is 1. The Bertz CT molecular complexity index is 830. The Hall–Kier alpha value is -2.26. The molecule has 0 aromatic carbocycles. The van der Waals surface area contributed by atoms with Gasteiger partial charge in [0.2, 0.25) is 0 Å². The molecule has 1 amide bonds. The predicted octanol–water partition coefficient (Wildman–Crippen LogP) is 2.68. The highest BCUT2D eigenvalue weighted by Gasteiger charge is 2.39. The fourth-order valence-electron chi connectivity index (χ4n) is 4.39. The third kappa shape index (κ3) is 4.20. The van der Waals surface area contributed by atoms with E-state index in [4.69, 9.17) is 4.74 Å². The average molecular weight is 407 g/mol. The largest absolute Gasteiger partial charge is 0.373 e. The Morgan fingerprint density at radius 1 is 1.28 bits per heavy atom. The molecular formula is C20H27F2N5O2. The van der Waals surface area contributed by atoms with Crippen molar-refractivity contribution in [3.8, 4) is 0 Å². The summed E-state index contributed by atoms with van der Waals surface area (Å²) in [5.41, 5.74) is 0.852. The van der Waals surface area contributed by atoms with Gasteiger partial charge in [-0.1, -0.05) is 6.42 Å². The van der Waals surface area contributed by atoms with Gasteiger partial charge in [-0.3, -0.25) is 14.0 Å². The molecule has 2 atom stereocenters. The number of amides is 1. The molecule has 0 aliphatic carbocycles. The Labute approximate surface area is 168 Å². The maximum atomic E-state index is 13.3. The number of nitrogens with zero attached hydrogens (tertiary/aromatic N) is 5. The van der Waals surface area contributed by atoms with Crippen LogP contribution in [0, 0.1) is 0 Å². The molecule has 29 heavy (non-hydrogen) atoms. The van der Waals surface area contributed by atoms with Crippen LogP contribution in [0.5, 0.6) is 0 Å². The van der Waals surface area contributed by atoms with Crippen LogP contribution in [0.2, 0.25) is 0 Å². The van der Waals surface area contributed by atoms with Crippen LogP contribution in [-0.2, 0) is 11.8 Å². The number of piperidine rings is 1. The van der Waals surface area contributed by atoms with Crippen LogP contribution in [0.1, 0.15) is 47.9 Å². The first-order chi connectivity index (χ1) is 14.0. The summed E-state index contributed by atoms with van der Waals surface area (Å²) in [5, 5.41) is 4.26. The molecule has 9 heteroatoms. The molecule has 158 valence electrons. The number of aromatic nitrogens is 3. The van der Waals surface area contributed by atoms with Gasteiger partial charge in [0.15, 0.2) is 0 Å². The van der Waals surface area contributed by atoms with E-state index in [0.29, 0.717) is 19.7 Å². The zero-order valence-electron chi connectivity index (χ0n) is 16.6. The van der Waals surface area contributed by atoms with Crippen molar-refractivity contribution in [2.45, 2.75) is 38.0 Å². The topological polar surface area (TPSA) is 55.5 Å². The summed E-state index contributed by atoms with van der Waals surface area (Å²) < 4.78 is 35.2. The lowest BCUT2D eigenvalue weighted by Crippen LogP contribution is -2.52. The van der Waals surface area contributed by atoms with E-state index in [0.717, 1.165) is 36.1 Å². The third-order valence-corrected chi connectivity index (χ3v) is 5.77. The Balaban J connectivity index is 1.63. The number of aryl methyl sites for hydroxylation is 1. The van der Waals surface area contributed by atoms with Crippen molar-refractivity contribution in [1.82, 2.24) is 24.1 Å². The van der Waals surface area contributed by atoms with Crippen molar-refractivity contribution in [2.24, 2.45) is 7.05 Å². The first-order valence-corrected chi connectivity index (χ1v) is 10.1. The standard InChI is InChI=1S/C20H27F2N5O2/c1-24-13-15(12-23-24)18-17(14-25-7-3-2-4-8-25)29-11-10-27(18)19(28)16-6-5-9-26(16)20(21)22/h5-6,9,12-13,17-18,20H,2-4,7-8,10-11,14H2,1H3/t17-,18-/m0/s1. The third-order valence-electron chi connectivity index (χ3n) is 5.77. The van der Waals surface area contributed by atoms with Gasteiger partial charge in [0.25, 0.3) is 5.91 Å². The number of carbonyl (C=O) groups excluding carboxylic acids is 1. The van der Waals surface area contributed by atoms with E-state index in [1.54, 1.807) is 15.8 Å². The lowest BCUT2D eigenvalue weighted by molar-refractivity contribution is -0.0747. The summed E-state index contributed by atoms with van der Waals surface area (Å²) in [6.45, 7) is 0.716. The Kier molecular flexibility index (Phi) is 5.96. The average Bonchev–Trinajstić information content (AvgIpc) is 3.37. The van der Waals surface area contributed by atoms with Gasteiger partial charge in [0, 0.05) is 38.1 Å². The van der Waals surface area contributed by atoms with E-state index in [1.807, 2.05) is 13.2 Å². The van der Waals surface area contributed by atoms with Gasteiger partial charge >= 0.3 is 6.55 Å². The van der Waals surface area contributed by atoms with E-state index in [9.17, 15) is 13.6 Å². The zero-order chi connectivity index (χ0) is 20.4. The maximum Gasteiger partial charge on any atom is 0.319 e. The van der Waals surface area contributed by atoms with E-state index in [2.05, 4.69) is 10.00 Å². The highest BCUT2D eigenvalue weighted by atomic mass is 19.3. The molecule has 7 nitrogen and oxygen atoms in total. The van der Waals surface area contributed by atoms with Crippen LogP contribution in [0.4, 0.5) is 8.78 Å². The van der Waals surface area contributed by atoms with Crippen LogP contribution in [0.15, 0.2) is 30.7 Å².